The third kappa shape index (κ3) is 2.06. The number of rotatable bonds is 1. The molecule has 1 aliphatic rings. The van der Waals surface area contributed by atoms with Crippen molar-refractivity contribution < 1.29 is 24.8 Å². The summed E-state index contributed by atoms with van der Waals surface area (Å²) in [6.07, 6.45) is 3.88. The first-order chi connectivity index (χ1) is 10.1. The van der Waals surface area contributed by atoms with Gasteiger partial charge in [-0.2, -0.15) is 6.07 Å². The third-order valence-electron chi connectivity index (χ3n) is 4.41. The van der Waals surface area contributed by atoms with Crippen LogP contribution in [0.3, 0.4) is 0 Å². The molecule has 1 aromatic heterocycles. The molecule has 4 heteroatoms. The Balaban J connectivity index is 0.00000144. The predicted molar refractivity (Wildman–Crippen MR) is 81.1 cm³/mol. The van der Waals surface area contributed by atoms with Gasteiger partial charge in [0.1, 0.15) is 7.05 Å². The number of fused-ring (bicyclic) bond motifs is 3. The fourth-order valence-electron chi connectivity index (χ4n) is 3.26. The minimum atomic E-state index is 0. The predicted octanol–water partition coefficient (Wildman–Crippen LogP) is 2.80. The van der Waals surface area contributed by atoms with Gasteiger partial charge in [0.2, 0.25) is 0 Å². The van der Waals surface area contributed by atoms with Crippen molar-refractivity contribution in [3.63, 3.8) is 0 Å². The molecule has 113 valence electrons. The summed E-state index contributed by atoms with van der Waals surface area (Å²) in [5, 5.41) is 4.41. The molecule has 0 fully saturated rings. The van der Waals surface area contributed by atoms with E-state index in [-0.39, 0.29) is 25.5 Å². The molecule has 0 spiro atoms. The Kier molecular flexibility index (Phi) is 3.54. The van der Waals surface area contributed by atoms with Gasteiger partial charge in [-0.05, 0) is 11.0 Å². The second-order valence-electron chi connectivity index (χ2n) is 6.12. The smallest absolute Gasteiger partial charge is 0.159 e. The Morgan fingerprint density at radius 1 is 1.14 bits per heavy atom. The molecule has 1 radical (unpaired) electrons. The van der Waals surface area contributed by atoms with Gasteiger partial charge in [-0.25, -0.2) is 0 Å². The van der Waals surface area contributed by atoms with E-state index >= 15 is 0 Å². The Hall–Kier alpha value is -1.77. The average molecular weight is 468 g/mol. The molecule has 0 unspecified atom stereocenters. The fourth-order valence-corrected chi connectivity index (χ4v) is 3.26. The van der Waals surface area contributed by atoms with Gasteiger partial charge in [0.15, 0.2) is 12.4 Å². The van der Waals surface area contributed by atoms with Crippen molar-refractivity contribution >= 4 is 0 Å². The molecule has 0 saturated carbocycles. The number of aromatic nitrogens is 3. The summed E-state index contributed by atoms with van der Waals surface area (Å²) >= 11 is 0. The number of nitrogens with zero attached hydrogens (tertiary/aromatic N) is 3. The average Bonchev–Trinajstić information content (AvgIpc) is 3.01. The van der Waals surface area contributed by atoms with E-state index in [1.807, 2.05) is 24.1 Å². The van der Waals surface area contributed by atoms with Crippen molar-refractivity contribution in [3.8, 4) is 16.8 Å². The molecule has 0 amide bonds. The topological polar surface area (TPSA) is 21.7 Å². The van der Waals surface area contributed by atoms with Crippen LogP contribution < -0.4 is 4.68 Å². The van der Waals surface area contributed by atoms with Gasteiger partial charge in [-0.3, -0.25) is 0 Å². The summed E-state index contributed by atoms with van der Waals surface area (Å²) in [7, 11) is 1.92. The van der Waals surface area contributed by atoms with Crippen molar-refractivity contribution in [2.45, 2.75) is 19.3 Å². The van der Waals surface area contributed by atoms with Gasteiger partial charge in [0.05, 0.1) is 5.21 Å². The second kappa shape index (κ2) is 5.15. The first kappa shape index (κ1) is 15.1. The maximum Gasteiger partial charge on any atom is 0.159 e. The van der Waals surface area contributed by atoms with Crippen LogP contribution in [0.5, 0.6) is 0 Å². The van der Waals surface area contributed by atoms with Crippen LogP contribution in [0, 0.1) is 6.07 Å². The van der Waals surface area contributed by atoms with Crippen molar-refractivity contribution in [1.82, 2.24) is 9.90 Å². The summed E-state index contributed by atoms with van der Waals surface area (Å²) in [6, 6.07) is 16.3. The maximum absolute atomic E-state index is 4.41. The first-order valence-electron chi connectivity index (χ1n) is 7.15. The zero-order chi connectivity index (χ0) is 14.6. The monoisotopic (exact) mass is 468 g/mol. The van der Waals surface area contributed by atoms with Crippen LogP contribution in [-0.4, -0.2) is 9.90 Å². The van der Waals surface area contributed by atoms with E-state index in [4.69, 9.17) is 0 Å². The van der Waals surface area contributed by atoms with Crippen LogP contribution in [0.1, 0.15) is 25.0 Å². The van der Waals surface area contributed by atoms with Crippen LogP contribution in [0.2, 0.25) is 0 Å². The summed E-state index contributed by atoms with van der Waals surface area (Å²) < 4.78 is 3.65. The van der Waals surface area contributed by atoms with E-state index in [1.165, 1.54) is 22.3 Å². The standard InChI is InChI=1S/C18H17N3.Ir/c1-18(2)16-7-5-4-6-14(16)15-9-8-13(12-17(15)18)21-11-10-20(3)19-21;/h4-7,9-12H,1-3H3;. The van der Waals surface area contributed by atoms with Crippen molar-refractivity contribution in [1.29, 1.82) is 0 Å². The fraction of sp³-hybridized carbons (Fsp3) is 0.222. The zero-order valence-electron chi connectivity index (χ0n) is 12.8. The second-order valence-corrected chi connectivity index (χ2v) is 6.12. The number of aryl methyl sites for hydroxylation is 1. The van der Waals surface area contributed by atoms with E-state index in [2.05, 4.69) is 61.5 Å². The van der Waals surface area contributed by atoms with Crippen LogP contribution in [-0.2, 0) is 32.6 Å². The molecule has 4 rings (SSSR count). The summed E-state index contributed by atoms with van der Waals surface area (Å²) in [4.78, 5) is 0. The van der Waals surface area contributed by atoms with Crippen LogP contribution in [0.15, 0.2) is 48.8 Å². The molecular weight excluding hydrogens is 450 g/mol. The molecule has 0 bridgehead atoms. The Labute approximate surface area is 143 Å². The number of hydrogen-bond donors (Lipinski definition) is 0. The molecule has 1 aliphatic carbocycles. The number of benzene rings is 2. The molecule has 22 heavy (non-hydrogen) atoms. The molecule has 0 aliphatic heterocycles. The molecule has 3 aromatic rings. The molecule has 1 heterocycles. The maximum atomic E-state index is 4.41. The van der Waals surface area contributed by atoms with Gasteiger partial charge in [0, 0.05) is 25.8 Å². The molecule has 0 N–H and O–H groups in total. The minimum Gasteiger partial charge on any atom is -0.165 e. The van der Waals surface area contributed by atoms with Gasteiger partial charge in [-0.1, -0.05) is 43.7 Å². The Morgan fingerprint density at radius 3 is 2.64 bits per heavy atom. The van der Waals surface area contributed by atoms with Gasteiger partial charge >= 0.3 is 0 Å². The van der Waals surface area contributed by atoms with Crippen molar-refractivity contribution in [2.24, 2.45) is 7.05 Å². The van der Waals surface area contributed by atoms with Crippen molar-refractivity contribution in [2.75, 3.05) is 0 Å². The summed E-state index contributed by atoms with van der Waals surface area (Å²) in [6.45, 7) is 4.56. The van der Waals surface area contributed by atoms with Gasteiger partial charge < -0.3 is 0 Å². The van der Waals surface area contributed by atoms with E-state index in [9.17, 15) is 0 Å². The minimum absolute atomic E-state index is 0. The molecule has 0 atom stereocenters. The molecule has 0 saturated heterocycles. The van der Waals surface area contributed by atoms with Gasteiger partial charge in [0.25, 0.3) is 0 Å². The molecule has 2 aromatic carbocycles. The van der Waals surface area contributed by atoms with E-state index < -0.39 is 0 Å². The summed E-state index contributed by atoms with van der Waals surface area (Å²) in [5.74, 6) is 0. The first-order valence-corrected chi connectivity index (χ1v) is 7.15. The molecule has 3 nitrogen and oxygen atoms in total. The quantitative estimate of drug-likeness (QED) is 0.399. The molecular formula is C18H17IrN3. The SMILES string of the molecule is Cn1cc[n+](-c2[c-]cc3c(c2)C(C)(C)c2ccccc2-3)n1.[Ir]. The Bertz CT molecular complexity index is 849. The zero-order valence-corrected chi connectivity index (χ0v) is 15.2. The van der Waals surface area contributed by atoms with E-state index in [1.54, 1.807) is 4.68 Å². The van der Waals surface area contributed by atoms with E-state index in [0.29, 0.717) is 0 Å². The van der Waals surface area contributed by atoms with Crippen LogP contribution in [0.4, 0.5) is 0 Å². The van der Waals surface area contributed by atoms with Crippen molar-refractivity contribution in [3.05, 3.63) is 66.0 Å². The third-order valence-corrected chi connectivity index (χ3v) is 4.41. The summed E-state index contributed by atoms with van der Waals surface area (Å²) in [5.41, 5.74) is 6.34. The normalized spacial score (nSPS) is 14.1. The van der Waals surface area contributed by atoms with Gasteiger partial charge in [-0.15, -0.1) is 32.6 Å². The van der Waals surface area contributed by atoms with E-state index in [0.717, 1.165) is 5.69 Å². The number of hydrogen-bond acceptors (Lipinski definition) is 1. The largest absolute Gasteiger partial charge is 0.165 e. The van der Waals surface area contributed by atoms with Crippen LogP contribution in [0.25, 0.3) is 16.8 Å². The van der Waals surface area contributed by atoms with Crippen LogP contribution >= 0.6 is 0 Å². The Morgan fingerprint density at radius 2 is 1.91 bits per heavy atom.